The van der Waals surface area contributed by atoms with Crippen molar-refractivity contribution in [3.05, 3.63) is 46.9 Å². The number of carbonyl (C=O) groups excluding carboxylic acids is 1. The summed E-state index contributed by atoms with van der Waals surface area (Å²) in [5, 5.41) is 4.32. The molecule has 1 aromatic carbocycles. The van der Waals surface area contributed by atoms with Crippen molar-refractivity contribution in [2.24, 2.45) is 0 Å². The molecule has 0 bridgehead atoms. The molecular formula is C17H22N2OS. The molecule has 2 rings (SSSR count). The zero-order chi connectivity index (χ0) is 15.4. The Kier molecular flexibility index (Phi) is 5.15. The number of aryl methyl sites for hydroxylation is 1. The van der Waals surface area contributed by atoms with E-state index in [-0.39, 0.29) is 11.9 Å². The fourth-order valence-corrected chi connectivity index (χ4v) is 3.52. The van der Waals surface area contributed by atoms with E-state index in [1.54, 1.807) is 17.4 Å². The predicted octanol–water partition coefficient (Wildman–Crippen LogP) is 3.50. The van der Waals surface area contributed by atoms with Crippen molar-refractivity contribution in [3.8, 4) is 0 Å². The molecule has 0 aliphatic rings. The van der Waals surface area contributed by atoms with Crippen molar-refractivity contribution in [2.75, 3.05) is 20.6 Å². The molecule has 4 heteroatoms. The highest BCUT2D eigenvalue weighted by atomic mass is 32.1. The van der Waals surface area contributed by atoms with Gasteiger partial charge in [-0.2, -0.15) is 0 Å². The third-order valence-electron chi connectivity index (χ3n) is 3.37. The minimum atomic E-state index is -0.0405. The Bertz CT molecular complexity index is 658. The third-order valence-corrected chi connectivity index (χ3v) is 4.83. The molecule has 0 fully saturated rings. The number of benzene rings is 1. The van der Waals surface area contributed by atoms with Gasteiger partial charge in [0.05, 0.1) is 6.04 Å². The SMILES string of the molecule is Cc1c([C@@H](C)NC(=O)/C=C/CN(C)C)sc2ccccc12. The molecule has 1 amide bonds. The lowest BCUT2D eigenvalue weighted by atomic mass is 10.1. The summed E-state index contributed by atoms with van der Waals surface area (Å²) in [5.41, 5.74) is 1.26. The number of nitrogens with zero attached hydrogens (tertiary/aromatic N) is 1. The van der Waals surface area contributed by atoms with Crippen LogP contribution in [-0.2, 0) is 4.79 Å². The number of rotatable bonds is 5. The van der Waals surface area contributed by atoms with Crippen LogP contribution in [0, 0.1) is 6.92 Å². The molecule has 21 heavy (non-hydrogen) atoms. The van der Waals surface area contributed by atoms with Crippen LogP contribution in [0.25, 0.3) is 10.1 Å². The maximum absolute atomic E-state index is 11.9. The minimum absolute atomic E-state index is 0.0268. The van der Waals surface area contributed by atoms with Gasteiger partial charge in [0.15, 0.2) is 0 Å². The Labute approximate surface area is 130 Å². The zero-order valence-electron chi connectivity index (χ0n) is 13.0. The topological polar surface area (TPSA) is 32.3 Å². The second-order valence-electron chi connectivity index (χ2n) is 5.48. The van der Waals surface area contributed by atoms with Crippen molar-refractivity contribution < 1.29 is 4.79 Å². The summed E-state index contributed by atoms with van der Waals surface area (Å²) in [5.74, 6) is -0.0405. The van der Waals surface area contributed by atoms with Crippen molar-refractivity contribution >= 4 is 27.3 Å². The van der Waals surface area contributed by atoms with E-state index >= 15 is 0 Å². The minimum Gasteiger partial charge on any atom is -0.345 e. The van der Waals surface area contributed by atoms with Crippen LogP contribution in [0.15, 0.2) is 36.4 Å². The number of likely N-dealkylation sites (N-methyl/N-ethyl adjacent to an activating group) is 1. The van der Waals surface area contributed by atoms with E-state index in [2.05, 4.69) is 36.5 Å². The van der Waals surface area contributed by atoms with Crippen LogP contribution in [0.3, 0.4) is 0 Å². The van der Waals surface area contributed by atoms with Crippen LogP contribution in [0.2, 0.25) is 0 Å². The lowest BCUT2D eigenvalue weighted by molar-refractivity contribution is -0.117. The standard InChI is InChI=1S/C17H22N2OS/c1-12-14-8-5-6-9-15(14)21-17(12)13(2)18-16(20)10-7-11-19(3)4/h5-10,13H,11H2,1-4H3,(H,18,20)/b10-7+/t13-/m1/s1. The number of hydrogen-bond donors (Lipinski definition) is 1. The van der Waals surface area contributed by atoms with Crippen LogP contribution in [0.4, 0.5) is 0 Å². The summed E-state index contributed by atoms with van der Waals surface area (Å²) >= 11 is 1.76. The maximum Gasteiger partial charge on any atom is 0.244 e. The Balaban J connectivity index is 2.08. The summed E-state index contributed by atoms with van der Waals surface area (Å²) < 4.78 is 1.27. The first-order chi connectivity index (χ1) is 9.99. The molecule has 0 aliphatic carbocycles. The number of fused-ring (bicyclic) bond motifs is 1. The van der Waals surface area contributed by atoms with E-state index in [4.69, 9.17) is 0 Å². The van der Waals surface area contributed by atoms with Crippen LogP contribution in [0.5, 0.6) is 0 Å². The van der Waals surface area contributed by atoms with Crippen LogP contribution in [0.1, 0.15) is 23.4 Å². The molecule has 0 saturated carbocycles. The summed E-state index contributed by atoms with van der Waals surface area (Å²) in [6, 6.07) is 8.39. The van der Waals surface area contributed by atoms with Gasteiger partial charge in [-0.05, 0) is 45.0 Å². The third kappa shape index (κ3) is 3.93. The first-order valence-corrected chi connectivity index (χ1v) is 7.90. The average Bonchev–Trinajstić information content (AvgIpc) is 2.76. The van der Waals surface area contributed by atoms with Crippen LogP contribution < -0.4 is 5.32 Å². The van der Waals surface area contributed by atoms with Crippen molar-refractivity contribution in [1.82, 2.24) is 10.2 Å². The maximum atomic E-state index is 11.9. The molecule has 0 radical (unpaired) electrons. The summed E-state index contributed by atoms with van der Waals surface area (Å²) in [7, 11) is 3.96. The van der Waals surface area contributed by atoms with Gasteiger partial charge in [-0.15, -0.1) is 11.3 Å². The number of carbonyl (C=O) groups is 1. The molecular weight excluding hydrogens is 280 g/mol. The largest absolute Gasteiger partial charge is 0.345 e. The fraction of sp³-hybridized carbons (Fsp3) is 0.353. The van der Waals surface area contributed by atoms with Gasteiger partial charge >= 0.3 is 0 Å². The van der Waals surface area contributed by atoms with Gasteiger partial charge < -0.3 is 10.2 Å². The van der Waals surface area contributed by atoms with Crippen molar-refractivity contribution in [3.63, 3.8) is 0 Å². The number of hydrogen-bond acceptors (Lipinski definition) is 3. The van der Waals surface area contributed by atoms with Gasteiger partial charge in [0.1, 0.15) is 0 Å². The van der Waals surface area contributed by atoms with Gasteiger partial charge in [0, 0.05) is 22.2 Å². The van der Waals surface area contributed by atoms with E-state index in [9.17, 15) is 4.79 Å². The molecule has 0 spiro atoms. The number of nitrogens with one attached hydrogen (secondary N) is 1. The van der Waals surface area contributed by atoms with E-state index < -0.39 is 0 Å². The second kappa shape index (κ2) is 6.87. The molecule has 2 aromatic rings. The monoisotopic (exact) mass is 302 g/mol. The molecule has 0 aliphatic heterocycles. The van der Waals surface area contributed by atoms with E-state index in [1.165, 1.54) is 20.5 Å². The van der Waals surface area contributed by atoms with Gasteiger partial charge in [-0.3, -0.25) is 4.79 Å². The molecule has 1 N–H and O–H groups in total. The highest BCUT2D eigenvalue weighted by Crippen LogP contribution is 2.34. The van der Waals surface area contributed by atoms with Crippen molar-refractivity contribution in [1.29, 1.82) is 0 Å². The Morgan fingerprint density at radius 1 is 1.38 bits per heavy atom. The summed E-state index contributed by atoms with van der Waals surface area (Å²) in [6.07, 6.45) is 3.49. The summed E-state index contributed by atoms with van der Waals surface area (Å²) in [4.78, 5) is 15.2. The van der Waals surface area contributed by atoms with Gasteiger partial charge in [-0.1, -0.05) is 24.3 Å². The number of thiophene rings is 1. The van der Waals surface area contributed by atoms with Crippen LogP contribution >= 0.6 is 11.3 Å². The predicted molar refractivity (Wildman–Crippen MR) is 90.8 cm³/mol. The smallest absolute Gasteiger partial charge is 0.244 e. The lowest BCUT2D eigenvalue weighted by Crippen LogP contribution is -2.24. The van der Waals surface area contributed by atoms with E-state index in [1.807, 2.05) is 32.0 Å². The van der Waals surface area contributed by atoms with Gasteiger partial charge in [0.2, 0.25) is 5.91 Å². The number of amides is 1. The van der Waals surface area contributed by atoms with Crippen molar-refractivity contribution in [2.45, 2.75) is 19.9 Å². The van der Waals surface area contributed by atoms with E-state index in [0.717, 1.165) is 6.54 Å². The van der Waals surface area contributed by atoms with Gasteiger partial charge in [-0.25, -0.2) is 0 Å². The zero-order valence-corrected chi connectivity index (χ0v) is 13.8. The Morgan fingerprint density at radius 2 is 2.10 bits per heavy atom. The second-order valence-corrected chi connectivity index (χ2v) is 6.57. The highest BCUT2D eigenvalue weighted by molar-refractivity contribution is 7.19. The quantitative estimate of drug-likeness (QED) is 0.857. The Hall–Kier alpha value is -1.65. The first kappa shape index (κ1) is 15.7. The molecule has 1 heterocycles. The lowest BCUT2D eigenvalue weighted by Gasteiger charge is -2.12. The van der Waals surface area contributed by atoms with E-state index in [0.29, 0.717) is 0 Å². The molecule has 112 valence electrons. The average molecular weight is 302 g/mol. The fourth-order valence-electron chi connectivity index (χ4n) is 2.30. The first-order valence-electron chi connectivity index (χ1n) is 7.09. The normalized spacial score (nSPS) is 13.2. The Morgan fingerprint density at radius 3 is 2.76 bits per heavy atom. The van der Waals surface area contributed by atoms with Gasteiger partial charge in [0.25, 0.3) is 0 Å². The summed E-state index contributed by atoms with van der Waals surface area (Å²) in [6.45, 7) is 4.93. The molecule has 1 aromatic heterocycles. The molecule has 0 unspecified atom stereocenters. The highest BCUT2D eigenvalue weighted by Gasteiger charge is 2.15. The molecule has 0 saturated heterocycles. The molecule has 1 atom stereocenters. The van der Waals surface area contributed by atoms with Crippen LogP contribution in [-0.4, -0.2) is 31.4 Å². The molecule has 3 nitrogen and oxygen atoms in total.